The molecule has 0 spiro atoms. The number of methoxy groups -OCH3 is 2. The first-order valence-corrected chi connectivity index (χ1v) is 14.7. The first kappa shape index (κ1) is 33.7. The highest BCUT2D eigenvalue weighted by molar-refractivity contribution is 8.00. The van der Waals surface area contributed by atoms with Crippen molar-refractivity contribution in [2.24, 2.45) is 0 Å². The Morgan fingerprint density at radius 3 is 2.17 bits per heavy atom. The molecule has 3 N–H and O–H groups in total. The van der Waals surface area contributed by atoms with Crippen LogP contribution in [-0.4, -0.2) is 37.2 Å². The third-order valence-corrected chi connectivity index (χ3v) is 7.63. The fourth-order valence-corrected chi connectivity index (χ4v) is 4.99. The van der Waals surface area contributed by atoms with E-state index in [4.69, 9.17) is 9.47 Å². The van der Waals surface area contributed by atoms with Crippen LogP contribution in [0.2, 0.25) is 0 Å². The smallest absolute Gasteiger partial charge is 0.416 e. The van der Waals surface area contributed by atoms with E-state index in [1.54, 1.807) is 79.7 Å². The number of carbonyl (C=O) groups excluding carboxylic acids is 3. The molecule has 0 aromatic heterocycles. The molecule has 0 fully saturated rings. The minimum absolute atomic E-state index is 0.0424. The van der Waals surface area contributed by atoms with Crippen molar-refractivity contribution in [3.63, 3.8) is 0 Å². The third kappa shape index (κ3) is 9.14. The highest BCUT2D eigenvalue weighted by Gasteiger charge is 2.30. The Labute approximate surface area is 268 Å². The van der Waals surface area contributed by atoms with E-state index in [9.17, 15) is 27.6 Å². The standard InChI is InChI=1S/C34H30F3N3O5S/c1-21(31(41)39-26-11-7-10-24(19-26)34(35,36)37)46-28-16-13-25(14-17-28)38-33(43)29(40-32(42)22-8-5-4-6-9-22)18-23-12-15-27(44-2)20-30(23)45-3/h4-21H,1-3H3,(H,38,43)(H,39,41)(H,40,42)/b29-18-. The Morgan fingerprint density at radius 2 is 1.52 bits per heavy atom. The summed E-state index contributed by atoms with van der Waals surface area (Å²) < 4.78 is 49.7. The van der Waals surface area contributed by atoms with Gasteiger partial charge in [-0.05, 0) is 79.7 Å². The third-order valence-electron chi connectivity index (χ3n) is 6.52. The highest BCUT2D eigenvalue weighted by Crippen LogP contribution is 2.32. The van der Waals surface area contributed by atoms with E-state index in [1.165, 1.54) is 44.2 Å². The van der Waals surface area contributed by atoms with Crippen LogP contribution in [0, 0.1) is 0 Å². The lowest BCUT2D eigenvalue weighted by Crippen LogP contribution is -2.30. The second-order valence-corrected chi connectivity index (χ2v) is 11.2. The van der Waals surface area contributed by atoms with Crippen LogP contribution in [0.5, 0.6) is 11.5 Å². The molecule has 4 aromatic rings. The molecule has 4 aromatic carbocycles. The van der Waals surface area contributed by atoms with Crippen molar-refractivity contribution in [2.75, 3.05) is 24.9 Å². The molecule has 0 bridgehead atoms. The summed E-state index contributed by atoms with van der Waals surface area (Å²) >= 11 is 1.19. The maximum absolute atomic E-state index is 13.4. The normalized spacial score (nSPS) is 12.1. The molecule has 0 aliphatic heterocycles. The van der Waals surface area contributed by atoms with Crippen molar-refractivity contribution >= 4 is 46.9 Å². The van der Waals surface area contributed by atoms with Crippen LogP contribution in [0.1, 0.15) is 28.4 Å². The van der Waals surface area contributed by atoms with E-state index < -0.39 is 34.7 Å². The lowest BCUT2D eigenvalue weighted by Gasteiger charge is -2.15. The SMILES string of the molecule is COc1ccc(/C=C(\NC(=O)c2ccccc2)C(=O)Nc2ccc(SC(C)C(=O)Nc3cccc(C(F)(F)F)c3)cc2)c(OC)c1. The van der Waals surface area contributed by atoms with Gasteiger partial charge in [0.25, 0.3) is 11.8 Å². The van der Waals surface area contributed by atoms with Gasteiger partial charge in [0.05, 0.1) is 25.0 Å². The number of nitrogens with one attached hydrogen (secondary N) is 3. The Kier molecular flexibility index (Phi) is 11.1. The van der Waals surface area contributed by atoms with Crippen molar-refractivity contribution in [2.45, 2.75) is 23.2 Å². The number of hydrogen-bond acceptors (Lipinski definition) is 6. The van der Waals surface area contributed by atoms with Gasteiger partial charge in [-0.1, -0.05) is 24.3 Å². The van der Waals surface area contributed by atoms with Gasteiger partial charge < -0.3 is 25.4 Å². The van der Waals surface area contributed by atoms with Crippen molar-refractivity contribution in [1.29, 1.82) is 0 Å². The molecule has 0 radical (unpaired) electrons. The molecule has 238 valence electrons. The Bertz CT molecular complexity index is 1730. The summed E-state index contributed by atoms with van der Waals surface area (Å²) in [5, 5.41) is 7.31. The topological polar surface area (TPSA) is 106 Å². The van der Waals surface area contributed by atoms with Crippen LogP contribution < -0.4 is 25.4 Å². The van der Waals surface area contributed by atoms with Crippen LogP contribution in [0.25, 0.3) is 6.08 Å². The summed E-state index contributed by atoms with van der Waals surface area (Å²) in [6.45, 7) is 1.63. The second kappa shape index (κ2) is 15.2. The van der Waals surface area contributed by atoms with Crippen LogP contribution in [0.15, 0.2) is 108 Å². The number of anilines is 2. The first-order valence-electron chi connectivity index (χ1n) is 13.8. The van der Waals surface area contributed by atoms with Gasteiger partial charge in [0, 0.05) is 33.5 Å². The molecule has 4 rings (SSSR count). The number of ether oxygens (including phenoxy) is 2. The quantitative estimate of drug-likeness (QED) is 0.117. The number of hydrogen-bond donors (Lipinski definition) is 3. The summed E-state index contributed by atoms with van der Waals surface area (Å²) in [5.74, 6) is -0.588. The Morgan fingerprint density at radius 1 is 0.804 bits per heavy atom. The van der Waals surface area contributed by atoms with E-state index in [0.717, 1.165) is 12.1 Å². The summed E-state index contributed by atoms with van der Waals surface area (Å²) in [6, 6.07) is 24.5. The van der Waals surface area contributed by atoms with Crippen molar-refractivity contribution in [3.05, 3.63) is 119 Å². The fraction of sp³-hybridized carbons (Fsp3) is 0.147. The van der Waals surface area contributed by atoms with Gasteiger partial charge in [-0.25, -0.2) is 0 Å². The summed E-state index contributed by atoms with van der Waals surface area (Å²) in [6.07, 6.45) is -3.03. The molecule has 0 saturated heterocycles. The van der Waals surface area contributed by atoms with Gasteiger partial charge in [-0.15, -0.1) is 11.8 Å². The molecule has 1 atom stereocenters. The molecule has 0 heterocycles. The molecule has 8 nitrogen and oxygen atoms in total. The summed E-state index contributed by atoms with van der Waals surface area (Å²) in [5.41, 5.74) is 0.430. The molecule has 1 unspecified atom stereocenters. The van der Waals surface area contributed by atoms with E-state index in [1.807, 2.05) is 0 Å². The molecular weight excluding hydrogens is 619 g/mol. The molecule has 0 saturated carbocycles. The van der Waals surface area contributed by atoms with Crippen molar-refractivity contribution in [3.8, 4) is 11.5 Å². The Balaban J connectivity index is 1.46. The van der Waals surface area contributed by atoms with E-state index in [0.29, 0.717) is 33.2 Å². The second-order valence-electron chi connectivity index (χ2n) is 9.79. The average molecular weight is 650 g/mol. The maximum Gasteiger partial charge on any atom is 0.416 e. The van der Waals surface area contributed by atoms with E-state index in [2.05, 4.69) is 16.0 Å². The highest BCUT2D eigenvalue weighted by atomic mass is 32.2. The van der Waals surface area contributed by atoms with Crippen LogP contribution >= 0.6 is 11.8 Å². The molecule has 46 heavy (non-hydrogen) atoms. The number of carbonyl (C=O) groups is 3. The number of benzene rings is 4. The zero-order valence-electron chi connectivity index (χ0n) is 25.0. The molecule has 0 aliphatic carbocycles. The minimum atomic E-state index is -4.52. The van der Waals surface area contributed by atoms with Crippen LogP contribution in [0.4, 0.5) is 24.5 Å². The monoisotopic (exact) mass is 649 g/mol. The number of alkyl halides is 3. The molecule has 0 aliphatic rings. The lowest BCUT2D eigenvalue weighted by molar-refractivity contribution is -0.137. The van der Waals surface area contributed by atoms with Gasteiger partial charge in [-0.3, -0.25) is 14.4 Å². The number of rotatable bonds is 11. The van der Waals surface area contributed by atoms with Crippen LogP contribution in [-0.2, 0) is 15.8 Å². The first-order chi connectivity index (χ1) is 22.0. The number of halogens is 3. The van der Waals surface area contributed by atoms with Crippen molar-refractivity contribution in [1.82, 2.24) is 5.32 Å². The van der Waals surface area contributed by atoms with E-state index >= 15 is 0 Å². The van der Waals surface area contributed by atoms with Gasteiger partial charge in [0.2, 0.25) is 5.91 Å². The number of amides is 3. The maximum atomic E-state index is 13.4. The fourth-order valence-electron chi connectivity index (χ4n) is 4.13. The average Bonchev–Trinajstić information content (AvgIpc) is 3.05. The van der Waals surface area contributed by atoms with Crippen molar-refractivity contribution < 1.29 is 37.0 Å². The molecule has 3 amide bonds. The largest absolute Gasteiger partial charge is 0.497 e. The zero-order chi connectivity index (χ0) is 33.3. The van der Waals surface area contributed by atoms with E-state index in [-0.39, 0.29) is 11.4 Å². The number of thioether (sulfide) groups is 1. The predicted octanol–water partition coefficient (Wildman–Crippen LogP) is 7.25. The predicted molar refractivity (Wildman–Crippen MR) is 172 cm³/mol. The lowest BCUT2D eigenvalue weighted by atomic mass is 10.1. The molecule has 12 heteroatoms. The van der Waals surface area contributed by atoms with Gasteiger partial charge >= 0.3 is 6.18 Å². The summed E-state index contributed by atoms with van der Waals surface area (Å²) in [4.78, 5) is 39.7. The minimum Gasteiger partial charge on any atom is -0.497 e. The Hall–Kier alpha value is -5.23. The van der Waals surface area contributed by atoms with Gasteiger partial charge in [0.1, 0.15) is 17.2 Å². The molecular formula is C34H30F3N3O5S. The van der Waals surface area contributed by atoms with Gasteiger partial charge in [-0.2, -0.15) is 13.2 Å². The zero-order valence-corrected chi connectivity index (χ0v) is 25.8. The van der Waals surface area contributed by atoms with Crippen LogP contribution in [0.3, 0.4) is 0 Å². The summed E-state index contributed by atoms with van der Waals surface area (Å²) in [7, 11) is 2.99. The van der Waals surface area contributed by atoms with Gasteiger partial charge in [0.15, 0.2) is 0 Å².